The molecule has 2 rings (SSSR count). The predicted octanol–water partition coefficient (Wildman–Crippen LogP) is 3.01. The number of hydrogen-bond acceptors (Lipinski definition) is 3. The van der Waals surface area contributed by atoms with Gasteiger partial charge in [-0.1, -0.05) is 6.07 Å². The molecule has 2 aromatic rings. The van der Waals surface area contributed by atoms with Crippen LogP contribution < -0.4 is 5.32 Å². The number of amides is 1. The second-order valence-electron chi connectivity index (χ2n) is 4.03. The minimum absolute atomic E-state index is 0.191. The van der Waals surface area contributed by atoms with Gasteiger partial charge in [-0.3, -0.25) is 4.79 Å². The normalized spacial score (nSPS) is 11.4. The van der Waals surface area contributed by atoms with E-state index >= 15 is 0 Å². The van der Waals surface area contributed by atoms with Gasteiger partial charge in [0.15, 0.2) is 5.76 Å². The zero-order valence-electron chi connectivity index (χ0n) is 9.19. The molecule has 0 saturated heterocycles. The summed E-state index contributed by atoms with van der Waals surface area (Å²) in [5.74, 6) is 0.146. The molecule has 1 amide bonds. The summed E-state index contributed by atoms with van der Waals surface area (Å²) in [4.78, 5) is 12.9. The average molecular weight is 235 g/mol. The number of nitrogens with one attached hydrogen (secondary N) is 1. The van der Waals surface area contributed by atoms with Crippen molar-refractivity contribution in [2.24, 2.45) is 0 Å². The lowest BCUT2D eigenvalue weighted by Gasteiger charge is -2.24. The largest absolute Gasteiger partial charge is 0.459 e. The fourth-order valence-corrected chi connectivity index (χ4v) is 2.26. The molecule has 0 bridgehead atoms. The molecule has 0 aromatic carbocycles. The van der Waals surface area contributed by atoms with Crippen LogP contribution in [0.4, 0.5) is 0 Å². The fourth-order valence-electron chi connectivity index (χ4n) is 1.45. The first-order chi connectivity index (χ1) is 7.59. The molecule has 84 valence electrons. The highest BCUT2D eigenvalue weighted by Gasteiger charge is 2.25. The summed E-state index contributed by atoms with van der Waals surface area (Å²) in [5, 5.41) is 4.93. The second kappa shape index (κ2) is 4.14. The predicted molar refractivity (Wildman–Crippen MR) is 63.5 cm³/mol. The van der Waals surface area contributed by atoms with Crippen LogP contribution in [0.2, 0.25) is 0 Å². The van der Waals surface area contributed by atoms with E-state index in [1.165, 1.54) is 6.26 Å². The minimum Gasteiger partial charge on any atom is -0.459 e. The fraction of sp³-hybridized carbons (Fsp3) is 0.250. The van der Waals surface area contributed by atoms with Gasteiger partial charge in [-0.25, -0.2) is 0 Å². The highest BCUT2D eigenvalue weighted by atomic mass is 32.1. The molecule has 3 nitrogen and oxygen atoms in total. The molecule has 0 saturated carbocycles. The lowest BCUT2D eigenvalue weighted by atomic mass is 10.0. The molecule has 0 fully saturated rings. The smallest absolute Gasteiger partial charge is 0.287 e. The average Bonchev–Trinajstić information content (AvgIpc) is 2.91. The third kappa shape index (κ3) is 2.17. The Morgan fingerprint density at radius 2 is 2.19 bits per heavy atom. The third-order valence-corrected chi connectivity index (χ3v) is 3.50. The minimum atomic E-state index is -0.377. The third-order valence-electron chi connectivity index (χ3n) is 2.31. The lowest BCUT2D eigenvalue weighted by Crippen LogP contribution is -2.40. The van der Waals surface area contributed by atoms with Gasteiger partial charge in [0.05, 0.1) is 11.8 Å². The summed E-state index contributed by atoms with van der Waals surface area (Å²) in [6, 6.07) is 7.33. The van der Waals surface area contributed by atoms with Crippen LogP contribution in [0.3, 0.4) is 0 Å². The molecule has 1 N–H and O–H groups in total. The molecule has 0 aliphatic heterocycles. The summed E-state index contributed by atoms with van der Waals surface area (Å²) >= 11 is 1.62. The molecule has 0 spiro atoms. The van der Waals surface area contributed by atoms with Crippen molar-refractivity contribution in [1.29, 1.82) is 0 Å². The van der Waals surface area contributed by atoms with Crippen LogP contribution >= 0.6 is 11.3 Å². The van der Waals surface area contributed by atoms with E-state index in [1.807, 2.05) is 31.4 Å². The topological polar surface area (TPSA) is 42.2 Å². The van der Waals surface area contributed by atoms with Crippen LogP contribution in [0.1, 0.15) is 29.3 Å². The van der Waals surface area contributed by atoms with Crippen LogP contribution in [0.25, 0.3) is 0 Å². The Balaban J connectivity index is 2.13. The summed E-state index contributed by atoms with van der Waals surface area (Å²) in [6.07, 6.45) is 1.49. The molecular formula is C12H13NO2S. The number of carbonyl (C=O) groups excluding carboxylic acids is 1. The van der Waals surface area contributed by atoms with Crippen molar-refractivity contribution >= 4 is 17.2 Å². The van der Waals surface area contributed by atoms with Crippen molar-refractivity contribution in [3.05, 3.63) is 46.5 Å². The van der Waals surface area contributed by atoms with Crippen LogP contribution in [-0.4, -0.2) is 5.91 Å². The number of hydrogen-bond donors (Lipinski definition) is 1. The van der Waals surface area contributed by atoms with Crippen LogP contribution in [0.5, 0.6) is 0 Å². The Hall–Kier alpha value is -1.55. The Morgan fingerprint density at radius 3 is 2.75 bits per heavy atom. The van der Waals surface area contributed by atoms with Gasteiger partial charge in [-0.15, -0.1) is 11.3 Å². The van der Waals surface area contributed by atoms with Gasteiger partial charge in [0, 0.05) is 4.88 Å². The molecule has 4 heteroatoms. The van der Waals surface area contributed by atoms with Crippen LogP contribution in [-0.2, 0) is 5.54 Å². The van der Waals surface area contributed by atoms with E-state index in [2.05, 4.69) is 5.32 Å². The standard InChI is InChI=1S/C12H13NO2S/c1-12(2,10-6-4-8-16-10)13-11(14)9-5-3-7-15-9/h3-8H,1-2H3,(H,13,14). The maximum atomic E-state index is 11.8. The lowest BCUT2D eigenvalue weighted by molar-refractivity contribution is 0.0885. The molecule has 16 heavy (non-hydrogen) atoms. The summed E-state index contributed by atoms with van der Waals surface area (Å²) in [6.45, 7) is 3.94. The number of carbonyl (C=O) groups is 1. The van der Waals surface area contributed by atoms with E-state index < -0.39 is 0 Å². The van der Waals surface area contributed by atoms with E-state index in [9.17, 15) is 4.79 Å². The van der Waals surface area contributed by atoms with Gasteiger partial charge in [0.1, 0.15) is 0 Å². The molecule has 0 aliphatic carbocycles. The second-order valence-corrected chi connectivity index (χ2v) is 4.98. The SMILES string of the molecule is CC(C)(NC(=O)c1ccco1)c1cccs1. The maximum Gasteiger partial charge on any atom is 0.287 e. The first-order valence-electron chi connectivity index (χ1n) is 4.99. The van der Waals surface area contributed by atoms with Gasteiger partial charge in [-0.05, 0) is 37.4 Å². The zero-order chi connectivity index (χ0) is 11.6. The van der Waals surface area contributed by atoms with Crippen molar-refractivity contribution in [1.82, 2.24) is 5.32 Å². The summed E-state index contributed by atoms with van der Waals surface area (Å²) in [7, 11) is 0. The van der Waals surface area contributed by atoms with E-state index in [4.69, 9.17) is 4.42 Å². The quantitative estimate of drug-likeness (QED) is 0.888. The van der Waals surface area contributed by atoms with Crippen molar-refractivity contribution in [2.75, 3.05) is 0 Å². The van der Waals surface area contributed by atoms with Gasteiger partial charge >= 0.3 is 0 Å². The molecule has 2 heterocycles. The molecule has 2 aromatic heterocycles. The summed E-state index contributed by atoms with van der Waals surface area (Å²) in [5.41, 5.74) is -0.377. The number of rotatable bonds is 3. The van der Waals surface area contributed by atoms with Crippen molar-refractivity contribution < 1.29 is 9.21 Å². The molecule has 0 unspecified atom stereocenters. The van der Waals surface area contributed by atoms with Gasteiger partial charge in [0.25, 0.3) is 5.91 Å². The van der Waals surface area contributed by atoms with E-state index in [1.54, 1.807) is 23.5 Å². The number of furan rings is 1. The molecule has 0 atom stereocenters. The highest BCUT2D eigenvalue weighted by Crippen LogP contribution is 2.25. The van der Waals surface area contributed by atoms with Crippen LogP contribution in [0.15, 0.2) is 40.3 Å². The Kier molecular flexibility index (Phi) is 2.83. The van der Waals surface area contributed by atoms with Crippen molar-refractivity contribution in [2.45, 2.75) is 19.4 Å². The van der Waals surface area contributed by atoms with Crippen molar-refractivity contribution in [3.8, 4) is 0 Å². The van der Waals surface area contributed by atoms with Crippen LogP contribution in [0, 0.1) is 0 Å². The van der Waals surface area contributed by atoms with E-state index in [0.717, 1.165) is 4.88 Å². The van der Waals surface area contributed by atoms with Gasteiger partial charge in [0.2, 0.25) is 0 Å². The first-order valence-corrected chi connectivity index (χ1v) is 5.87. The van der Waals surface area contributed by atoms with Gasteiger partial charge < -0.3 is 9.73 Å². The maximum absolute atomic E-state index is 11.8. The molecular weight excluding hydrogens is 222 g/mol. The van der Waals surface area contributed by atoms with E-state index in [-0.39, 0.29) is 11.4 Å². The first kappa shape index (κ1) is 11.0. The Labute approximate surface area is 98.1 Å². The Morgan fingerprint density at radius 1 is 1.38 bits per heavy atom. The van der Waals surface area contributed by atoms with Gasteiger partial charge in [-0.2, -0.15) is 0 Å². The summed E-state index contributed by atoms with van der Waals surface area (Å²) < 4.78 is 5.05. The highest BCUT2D eigenvalue weighted by molar-refractivity contribution is 7.10. The zero-order valence-corrected chi connectivity index (χ0v) is 10.0. The molecule has 0 aliphatic rings. The van der Waals surface area contributed by atoms with E-state index in [0.29, 0.717) is 5.76 Å². The van der Waals surface area contributed by atoms with Crippen molar-refractivity contribution in [3.63, 3.8) is 0 Å². The number of thiophene rings is 1. The monoisotopic (exact) mass is 235 g/mol. The Bertz CT molecular complexity index is 457. The molecule has 0 radical (unpaired) electrons.